The molecule has 0 aromatic heterocycles. The summed E-state index contributed by atoms with van der Waals surface area (Å²) in [7, 11) is 1.34. The average Bonchev–Trinajstić information content (AvgIpc) is 2.57. The molecule has 0 N–H and O–H groups in total. The van der Waals surface area contributed by atoms with Gasteiger partial charge in [-0.2, -0.15) is 0 Å². The number of aldehydes is 1. The first-order chi connectivity index (χ1) is 7.44. The molecule has 1 aliphatic rings. The highest BCUT2D eigenvalue weighted by Gasteiger charge is 2.46. The average molecular weight is 229 g/mol. The Bertz CT molecular complexity index is 279. The second kappa shape index (κ2) is 4.93. The molecule has 1 rings (SSSR count). The lowest BCUT2D eigenvalue weighted by atomic mass is 10.0. The Hall–Kier alpha value is -0.940. The number of ether oxygens (including phenoxy) is 2. The van der Waals surface area contributed by atoms with Crippen LogP contribution in [0.15, 0.2) is 0 Å². The van der Waals surface area contributed by atoms with E-state index in [-0.39, 0.29) is 24.7 Å². The minimum Gasteiger partial charge on any atom is -0.468 e. The van der Waals surface area contributed by atoms with Gasteiger partial charge in [0, 0.05) is 0 Å². The van der Waals surface area contributed by atoms with Gasteiger partial charge in [0.1, 0.15) is 18.1 Å². The van der Waals surface area contributed by atoms with Crippen LogP contribution in [-0.4, -0.2) is 49.2 Å². The van der Waals surface area contributed by atoms with E-state index in [1.807, 2.05) is 13.8 Å². The number of nitrogens with zero attached hydrogens (tertiary/aromatic N) is 1. The first-order valence-electron chi connectivity index (χ1n) is 5.36. The Morgan fingerprint density at radius 2 is 2.31 bits per heavy atom. The highest BCUT2D eigenvalue weighted by Crippen LogP contribution is 2.29. The lowest BCUT2D eigenvalue weighted by Gasteiger charge is -2.32. The van der Waals surface area contributed by atoms with Gasteiger partial charge >= 0.3 is 5.97 Å². The molecular formula is C11H19NO4. The van der Waals surface area contributed by atoms with Gasteiger partial charge in [0.05, 0.1) is 20.3 Å². The van der Waals surface area contributed by atoms with E-state index in [4.69, 9.17) is 4.74 Å². The minimum absolute atomic E-state index is 0.0780. The van der Waals surface area contributed by atoms with E-state index in [9.17, 15) is 9.59 Å². The Balaban J connectivity index is 2.84. The number of hydrogen-bond acceptors (Lipinski definition) is 5. The van der Waals surface area contributed by atoms with Crippen LogP contribution in [0.25, 0.3) is 0 Å². The third-order valence-electron chi connectivity index (χ3n) is 2.86. The quantitative estimate of drug-likeness (QED) is 0.517. The van der Waals surface area contributed by atoms with Crippen LogP contribution in [0.3, 0.4) is 0 Å². The molecule has 1 aliphatic heterocycles. The molecule has 5 heteroatoms. The topological polar surface area (TPSA) is 55.8 Å². The number of rotatable bonds is 4. The normalized spacial score (nSPS) is 30.7. The molecule has 16 heavy (non-hydrogen) atoms. The molecule has 1 saturated heterocycles. The van der Waals surface area contributed by atoms with Gasteiger partial charge in [-0.15, -0.1) is 0 Å². The molecule has 0 aromatic rings. The van der Waals surface area contributed by atoms with Crippen LogP contribution in [-0.2, 0) is 19.1 Å². The first kappa shape index (κ1) is 13.1. The summed E-state index contributed by atoms with van der Waals surface area (Å²) in [4.78, 5) is 24.2. The maximum atomic E-state index is 11.3. The Morgan fingerprint density at radius 1 is 1.69 bits per heavy atom. The van der Waals surface area contributed by atoms with Crippen LogP contribution in [0.2, 0.25) is 0 Å². The third-order valence-corrected chi connectivity index (χ3v) is 2.86. The van der Waals surface area contributed by atoms with Crippen LogP contribution in [0.5, 0.6) is 0 Å². The molecule has 0 radical (unpaired) electrons. The SMILES string of the molecule is COC(=O)CN1[C@@H](C(C)C)OC[C@@]1(C)C=O. The molecule has 0 saturated carbocycles. The standard InChI is InChI=1S/C11H19NO4/c1-8(2)10-12(5-9(14)15-4)11(3,6-13)7-16-10/h6,8,10H,5,7H2,1-4H3/t10-,11-/m1/s1. The van der Waals surface area contributed by atoms with E-state index in [1.165, 1.54) is 7.11 Å². The van der Waals surface area contributed by atoms with Crippen LogP contribution in [0, 0.1) is 5.92 Å². The summed E-state index contributed by atoms with van der Waals surface area (Å²) in [6.07, 6.45) is 0.618. The fraction of sp³-hybridized carbons (Fsp3) is 0.818. The zero-order valence-electron chi connectivity index (χ0n) is 10.2. The highest BCUT2D eigenvalue weighted by atomic mass is 16.5. The van der Waals surface area contributed by atoms with Crippen LogP contribution in [0.1, 0.15) is 20.8 Å². The van der Waals surface area contributed by atoms with Crippen molar-refractivity contribution in [1.29, 1.82) is 0 Å². The van der Waals surface area contributed by atoms with E-state index >= 15 is 0 Å². The van der Waals surface area contributed by atoms with Crippen molar-refractivity contribution in [2.45, 2.75) is 32.5 Å². The van der Waals surface area contributed by atoms with E-state index < -0.39 is 5.54 Å². The molecule has 1 fully saturated rings. The van der Waals surface area contributed by atoms with Crippen LogP contribution < -0.4 is 0 Å². The van der Waals surface area contributed by atoms with Gasteiger partial charge in [-0.25, -0.2) is 0 Å². The fourth-order valence-electron chi connectivity index (χ4n) is 1.85. The van der Waals surface area contributed by atoms with Crippen molar-refractivity contribution in [2.75, 3.05) is 20.3 Å². The molecule has 5 nitrogen and oxygen atoms in total. The molecule has 2 atom stereocenters. The molecule has 0 aliphatic carbocycles. The van der Waals surface area contributed by atoms with E-state index in [2.05, 4.69) is 4.74 Å². The van der Waals surface area contributed by atoms with Gasteiger partial charge in [-0.3, -0.25) is 9.69 Å². The van der Waals surface area contributed by atoms with Crippen LogP contribution >= 0.6 is 0 Å². The second-order valence-corrected chi connectivity index (χ2v) is 4.62. The maximum absolute atomic E-state index is 11.3. The van der Waals surface area contributed by atoms with Crippen molar-refractivity contribution < 1.29 is 19.1 Å². The first-order valence-corrected chi connectivity index (χ1v) is 5.36. The fourth-order valence-corrected chi connectivity index (χ4v) is 1.85. The highest BCUT2D eigenvalue weighted by molar-refractivity contribution is 5.73. The lowest BCUT2D eigenvalue weighted by Crippen LogP contribution is -2.51. The van der Waals surface area contributed by atoms with Crippen molar-refractivity contribution >= 4 is 12.3 Å². The smallest absolute Gasteiger partial charge is 0.319 e. The van der Waals surface area contributed by atoms with Gasteiger partial charge in [0.25, 0.3) is 0 Å². The number of carbonyl (C=O) groups excluding carboxylic acids is 2. The molecule has 0 aromatic carbocycles. The molecule has 0 spiro atoms. The summed E-state index contributed by atoms with van der Waals surface area (Å²) in [5.41, 5.74) is -0.733. The predicted molar refractivity (Wildman–Crippen MR) is 57.8 cm³/mol. The Labute approximate surface area is 95.7 Å². The molecule has 1 heterocycles. The minimum atomic E-state index is -0.733. The van der Waals surface area contributed by atoms with E-state index in [1.54, 1.807) is 11.8 Å². The van der Waals surface area contributed by atoms with Crippen molar-refractivity contribution in [3.63, 3.8) is 0 Å². The monoisotopic (exact) mass is 229 g/mol. The molecule has 0 unspecified atom stereocenters. The zero-order valence-corrected chi connectivity index (χ0v) is 10.2. The van der Waals surface area contributed by atoms with Gasteiger partial charge < -0.3 is 14.3 Å². The summed E-state index contributed by atoms with van der Waals surface area (Å²) >= 11 is 0. The Kier molecular flexibility index (Phi) is 4.04. The summed E-state index contributed by atoms with van der Waals surface area (Å²) in [6, 6.07) is 0. The predicted octanol–water partition coefficient (Wildman–Crippen LogP) is 0.431. The van der Waals surface area contributed by atoms with Gasteiger partial charge in [-0.05, 0) is 12.8 Å². The zero-order chi connectivity index (χ0) is 12.3. The maximum Gasteiger partial charge on any atom is 0.319 e. The van der Waals surface area contributed by atoms with Gasteiger partial charge in [0.15, 0.2) is 0 Å². The number of hydrogen-bond donors (Lipinski definition) is 0. The van der Waals surface area contributed by atoms with Crippen molar-refractivity contribution in [3.8, 4) is 0 Å². The molecular weight excluding hydrogens is 210 g/mol. The lowest BCUT2D eigenvalue weighted by molar-refractivity contribution is -0.145. The largest absolute Gasteiger partial charge is 0.468 e. The van der Waals surface area contributed by atoms with Crippen molar-refractivity contribution in [1.82, 2.24) is 4.90 Å². The van der Waals surface area contributed by atoms with Crippen LogP contribution in [0.4, 0.5) is 0 Å². The number of esters is 1. The summed E-state index contributed by atoms with van der Waals surface area (Å²) < 4.78 is 10.2. The Morgan fingerprint density at radius 3 is 2.75 bits per heavy atom. The summed E-state index contributed by atoms with van der Waals surface area (Å²) in [6.45, 7) is 6.15. The summed E-state index contributed by atoms with van der Waals surface area (Å²) in [5.74, 6) is -0.143. The third kappa shape index (κ3) is 2.41. The second-order valence-electron chi connectivity index (χ2n) is 4.62. The number of methoxy groups -OCH3 is 1. The van der Waals surface area contributed by atoms with Crippen molar-refractivity contribution in [3.05, 3.63) is 0 Å². The van der Waals surface area contributed by atoms with E-state index in [0.29, 0.717) is 6.61 Å². The van der Waals surface area contributed by atoms with Gasteiger partial charge in [0.2, 0.25) is 0 Å². The van der Waals surface area contributed by atoms with Crippen molar-refractivity contribution in [2.24, 2.45) is 5.92 Å². The van der Waals surface area contributed by atoms with E-state index in [0.717, 1.165) is 6.29 Å². The van der Waals surface area contributed by atoms with Gasteiger partial charge in [-0.1, -0.05) is 13.8 Å². The molecule has 0 bridgehead atoms. The molecule has 0 amide bonds. The molecule has 92 valence electrons. The summed E-state index contributed by atoms with van der Waals surface area (Å²) in [5, 5.41) is 0. The number of carbonyl (C=O) groups is 2.